The Bertz CT molecular complexity index is 426. The summed E-state index contributed by atoms with van der Waals surface area (Å²) in [6.07, 6.45) is 2.79. The van der Waals surface area contributed by atoms with E-state index in [1.807, 2.05) is 23.8 Å². The van der Waals surface area contributed by atoms with Gasteiger partial charge < -0.3 is 15.0 Å². The van der Waals surface area contributed by atoms with Gasteiger partial charge in [-0.3, -0.25) is 9.59 Å². The summed E-state index contributed by atoms with van der Waals surface area (Å²) >= 11 is 0. The van der Waals surface area contributed by atoms with Gasteiger partial charge in [-0.15, -0.1) is 0 Å². The van der Waals surface area contributed by atoms with Gasteiger partial charge in [-0.2, -0.15) is 0 Å². The SMILES string of the molecule is CCCn1cccc1C(=O)NC(C)C(C)C(=O)O. The number of carbonyl (C=O) groups excluding carboxylic acids is 1. The Morgan fingerprint density at radius 1 is 1.44 bits per heavy atom. The highest BCUT2D eigenvalue weighted by Crippen LogP contribution is 2.07. The van der Waals surface area contributed by atoms with Gasteiger partial charge in [0.1, 0.15) is 5.69 Å². The fourth-order valence-corrected chi connectivity index (χ4v) is 1.68. The van der Waals surface area contributed by atoms with Crippen molar-refractivity contribution in [3.8, 4) is 0 Å². The smallest absolute Gasteiger partial charge is 0.308 e. The predicted molar refractivity (Wildman–Crippen MR) is 68.5 cm³/mol. The molecular weight excluding hydrogens is 232 g/mol. The van der Waals surface area contributed by atoms with E-state index >= 15 is 0 Å². The molecule has 0 aromatic carbocycles. The number of hydrogen-bond donors (Lipinski definition) is 2. The maximum absolute atomic E-state index is 12.0. The van der Waals surface area contributed by atoms with Crippen LogP contribution in [0, 0.1) is 5.92 Å². The predicted octanol–water partition coefficient (Wildman–Crippen LogP) is 1.74. The molecule has 0 aliphatic carbocycles. The summed E-state index contributed by atoms with van der Waals surface area (Å²) in [5.74, 6) is -1.75. The molecule has 0 aliphatic rings. The fraction of sp³-hybridized carbons (Fsp3) is 0.538. The quantitative estimate of drug-likeness (QED) is 0.810. The maximum atomic E-state index is 12.0. The van der Waals surface area contributed by atoms with E-state index in [2.05, 4.69) is 5.32 Å². The Hall–Kier alpha value is -1.78. The number of aryl methyl sites for hydroxylation is 1. The zero-order valence-corrected chi connectivity index (χ0v) is 11.0. The number of rotatable bonds is 6. The molecule has 1 amide bonds. The molecule has 0 bridgehead atoms. The van der Waals surface area contributed by atoms with Crippen LogP contribution >= 0.6 is 0 Å². The minimum Gasteiger partial charge on any atom is -0.481 e. The normalized spacial score (nSPS) is 13.9. The molecule has 18 heavy (non-hydrogen) atoms. The van der Waals surface area contributed by atoms with Crippen molar-refractivity contribution in [2.75, 3.05) is 0 Å². The molecule has 1 heterocycles. The largest absolute Gasteiger partial charge is 0.481 e. The molecule has 0 saturated carbocycles. The first kappa shape index (κ1) is 14.3. The van der Waals surface area contributed by atoms with Gasteiger partial charge in [-0.1, -0.05) is 6.92 Å². The van der Waals surface area contributed by atoms with Crippen molar-refractivity contribution in [3.63, 3.8) is 0 Å². The van der Waals surface area contributed by atoms with Crippen LogP contribution in [0.4, 0.5) is 0 Å². The molecule has 0 saturated heterocycles. The van der Waals surface area contributed by atoms with Gasteiger partial charge in [-0.25, -0.2) is 0 Å². The molecule has 0 aliphatic heterocycles. The molecule has 100 valence electrons. The third-order valence-corrected chi connectivity index (χ3v) is 3.02. The molecule has 2 N–H and O–H groups in total. The summed E-state index contributed by atoms with van der Waals surface area (Å²) in [6.45, 7) is 6.09. The van der Waals surface area contributed by atoms with Crippen LogP contribution in [0.2, 0.25) is 0 Å². The first-order valence-electron chi connectivity index (χ1n) is 6.16. The van der Waals surface area contributed by atoms with Crippen molar-refractivity contribution in [1.82, 2.24) is 9.88 Å². The summed E-state index contributed by atoms with van der Waals surface area (Å²) in [4.78, 5) is 22.8. The second kappa shape index (κ2) is 6.23. The number of carboxylic acids is 1. The van der Waals surface area contributed by atoms with Gasteiger partial charge in [0.05, 0.1) is 5.92 Å². The molecule has 5 nitrogen and oxygen atoms in total. The first-order valence-corrected chi connectivity index (χ1v) is 6.16. The monoisotopic (exact) mass is 252 g/mol. The molecule has 0 fully saturated rings. The first-order chi connectivity index (χ1) is 8.47. The average Bonchev–Trinajstić information content (AvgIpc) is 2.76. The molecule has 2 atom stereocenters. The second-order valence-electron chi connectivity index (χ2n) is 4.48. The van der Waals surface area contributed by atoms with Gasteiger partial charge in [0.2, 0.25) is 0 Å². The topological polar surface area (TPSA) is 71.3 Å². The van der Waals surface area contributed by atoms with Crippen molar-refractivity contribution in [1.29, 1.82) is 0 Å². The fourth-order valence-electron chi connectivity index (χ4n) is 1.68. The lowest BCUT2D eigenvalue weighted by Crippen LogP contribution is -2.40. The van der Waals surface area contributed by atoms with E-state index in [9.17, 15) is 9.59 Å². The maximum Gasteiger partial charge on any atom is 0.308 e. The van der Waals surface area contributed by atoms with Crippen LogP contribution < -0.4 is 5.32 Å². The number of aromatic nitrogens is 1. The highest BCUT2D eigenvalue weighted by atomic mass is 16.4. The van der Waals surface area contributed by atoms with E-state index < -0.39 is 17.9 Å². The van der Waals surface area contributed by atoms with Crippen molar-refractivity contribution in [2.24, 2.45) is 5.92 Å². The molecule has 5 heteroatoms. The van der Waals surface area contributed by atoms with Crippen LogP contribution in [0.15, 0.2) is 18.3 Å². The van der Waals surface area contributed by atoms with E-state index in [0.29, 0.717) is 5.69 Å². The highest BCUT2D eigenvalue weighted by molar-refractivity contribution is 5.93. The van der Waals surface area contributed by atoms with Crippen LogP contribution in [0.1, 0.15) is 37.7 Å². The molecule has 0 radical (unpaired) electrons. The number of nitrogens with zero attached hydrogens (tertiary/aromatic N) is 1. The van der Waals surface area contributed by atoms with Crippen LogP contribution in [-0.2, 0) is 11.3 Å². The van der Waals surface area contributed by atoms with E-state index in [4.69, 9.17) is 5.11 Å². The second-order valence-corrected chi connectivity index (χ2v) is 4.48. The summed E-state index contributed by atoms with van der Waals surface area (Å²) < 4.78 is 1.87. The third kappa shape index (κ3) is 3.35. The Morgan fingerprint density at radius 2 is 2.11 bits per heavy atom. The Labute approximate surface area is 107 Å². The summed E-state index contributed by atoms with van der Waals surface area (Å²) in [5, 5.41) is 11.6. The van der Waals surface area contributed by atoms with Gasteiger partial charge in [0, 0.05) is 18.8 Å². The van der Waals surface area contributed by atoms with Crippen LogP contribution in [0.5, 0.6) is 0 Å². The van der Waals surface area contributed by atoms with E-state index in [1.54, 1.807) is 19.9 Å². The number of carboxylic acid groups (broad SMARTS) is 1. The lowest BCUT2D eigenvalue weighted by atomic mass is 10.0. The number of aliphatic carboxylic acids is 1. The molecule has 1 aromatic rings. The average molecular weight is 252 g/mol. The molecular formula is C13H20N2O3. The number of nitrogens with one attached hydrogen (secondary N) is 1. The lowest BCUT2D eigenvalue weighted by Gasteiger charge is -2.18. The van der Waals surface area contributed by atoms with Crippen molar-refractivity contribution in [2.45, 2.75) is 39.8 Å². The van der Waals surface area contributed by atoms with E-state index in [1.165, 1.54) is 0 Å². The van der Waals surface area contributed by atoms with Crippen LogP contribution in [0.25, 0.3) is 0 Å². The molecule has 1 rings (SSSR count). The van der Waals surface area contributed by atoms with Gasteiger partial charge in [0.25, 0.3) is 5.91 Å². The van der Waals surface area contributed by atoms with Gasteiger partial charge >= 0.3 is 5.97 Å². The summed E-state index contributed by atoms with van der Waals surface area (Å²) in [7, 11) is 0. The van der Waals surface area contributed by atoms with Crippen LogP contribution in [-0.4, -0.2) is 27.6 Å². The summed E-state index contributed by atoms with van der Waals surface area (Å²) in [6, 6.07) is 3.15. The zero-order valence-electron chi connectivity index (χ0n) is 11.0. The van der Waals surface area contributed by atoms with E-state index in [-0.39, 0.29) is 5.91 Å². The minimum absolute atomic E-state index is 0.228. The minimum atomic E-state index is -0.910. The number of amides is 1. The van der Waals surface area contributed by atoms with Crippen molar-refractivity contribution >= 4 is 11.9 Å². The number of hydrogen-bond acceptors (Lipinski definition) is 2. The Balaban J connectivity index is 2.70. The van der Waals surface area contributed by atoms with Crippen LogP contribution in [0.3, 0.4) is 0 Å². The van der Waals surface area contributed by atoms with Crippen molar-refractivity contribution in [3.05, 3.63) is 24.0 Å². The highest BCUT2D eigenvalue weighted by Gasteiger charge is 2.22. The standard InChI is InChI=1S/C13H20N2O3/c1-4-7-15-8-5-6-11(15)12(16)14-10(3)9(2)13(17)18/h5-6,8-10H,4,7H2,1-3H3,(H,14,16)(H,17,18). The van der Waals surface area contributed by atoms with Gasteiger partial charge in [0.15, 0.2) is 0 Å². The molecule has 0 spiro atoms. The lowest BCUT2D eigenvalue weighted by molar-refractivity contribution is -0.141. The molecule has 2 unspecified atom stereocenters. The number of carbonyl (C=O) groups is 2. The summed E-state index contributed by atoms with van der Waals surface area (Å²) in [5.41, 5.74) is 0.571. The third-order valence-electron chi connectivity index (χ3n) is 3.02. The Morgan fingerprint density at radius 3 is 2.67 bits per heavy atom. The van der Waals surface area contributed by atoms with E-state index in [0.717, 1.165) is 13.0 Å². The zero-order chi connectivity index (χ0) is 13.7. The molecule has 1 aromatic heterocycles. The Kier molecular flexibility index (Phi) is 4.95. The van der Waals surface area contributed by atoms with Gasteiger partial charge in [-0.05, 0) is 32.4 Å². The van der Waals surface area contributed by atoms with Crippen molar-refractivity contribution < 1.29 is 14.7 Å².